The molecule has 0 spiro atoms. The summed E-state index contributed by atoms with van der Waals surface area (Å²) in [6, 6.07) is 11.8. The summed E-state index contributed by atoms with van der Waals surface area (Å²) in [5.74, 6) is -0.643. The molecular formula is C18H13Cl2NO3. The molecule has 0 radical (unpaired) electrons. The highest BCUT2D eigenvalue weighted by atomic mass is 35.5. The van der Waals surface area contributed by atoms with E-state index in [1.165, 1.54) is 7.11 Å². The average molecular weight is 362 g/mol. The standard InChI is InChI=1S/C18H13Cl2NO3/c1-10-3-8-14(24-2)13(9-10)21-17(22)15(16(20)18(21)23)11-4-6-12(19)7-5-11/h3-9H,1-2H3. The van der Waals surface area contributed by atoms with Gasteiger partial charge in [-0.2, -0.15) is 0 Å². The highest BCUT2D eigenvalue weighted by molar-refractivity contribution is 6.60. The highest BCUT2D eigenvalue weighted by Crippen LogP contribution is 2.39. The van der Waals surface area contributed by atoms with E-state index in [2.05, 4.69) is 0 Å². The Kier molecular flexibility index (Phi) is 4.35. The number of rotatable bonds is 3. The van der Waals surface area contributed by atoms with Gasteiger partial charge in [-0.1, -0.05) is 41.4 Å². The lowest BCUT2D eigenvalue weighted by molar-refractivity contribution is -0.119. The van der Waals surface area contributed by atoms with E-state index in [0.717, 1.165) is 10.5 Å². The Bertz CT molecular complexity index is 872. The Labute approximate surface area is 149 Å². The molecule has 1 heterocycles. The zero-order valence-corrected chi connectivity index (χ0v) is 14.5. The van der Waals surface area contributed by atoms with Gasteiger partial charge in [0.1, 0.15) is 10.8 Å². The van der Waals surface area contributed by atoms with Gasteiger partial charge in [0, 0.05) is 5.02 Å². The van der Waals surface area contributed by atoms with Gasteiger partial charge in [-0.15, -0.1) is 0 Å². The molecule has 0 aromatic heterocycles. The maximum atomic E-state index is 12.9. The van der Waals surface area contributed by atoms with Crippen molar-refractivity contribution < 1.29 is 14.3 Å². The van der Waals surface area contributed by atoms with Crippen LogP contribution >= 0.6 is 23.2 Å². The third-order valence-electron chi connectivity index (χ3n) is 3.74. The van der Waals surface area contributed by atoms with E-state index in [4.69, 9.17) is 27.9 Å². The van der Waals surface area contributed by atoms with Crippen molar-refractivity contribution in [3.8, 4) is 5.75 Å². The lowest BCUT2D eigenvalue weighted by Gasteiger charge is -2.18. The van der Waals surface area contributed by atoms with Crippen molar-refractivity contribution >= 4 is 46.3 Å². The number of hydrogen-bond acceptors (Lipinski definition) is 3. The summed E-state index contributed by atoms with van der Waals surface area (Å²) in [6.45, 7) is 1.86. The molecule has 2 amide bonds. The normalized spacial score (nSPS) is 14.6. The van der Waals surface area contributed by atoms with Crippen LogP contribution in [0.15, 0.2) is 47.5 Å². The van der Waals surface area contributed by atoms with Gasteiger partial charge in [0.25, 0.3) is 11.8 Å². The third kappa shape index (κ3) is 2.68. The molecule has 3 rings (SSSR count). The Morgan fingerprint density at radius 2 is 1.62 bits per heavy atom. The van der Waals surface area contributed by atoms with E-state index in [0.29, 0.717) is 22.0 Å². The van der Waals surface area contributed by atoms with Gasteiger partial charge in [-0.3, -0.25) is 9.59 Å². The van der Waals surface area contributed by atoms with Crippen molar-refractivity contribution in [3.63, 3.8) is 0 Å². The first-order chi connectivity index (χ1) is 11.4. The molecule has 6 heteroatoms. The molecule has 2 aromatic carbocycles. The molecule has 0 saturated heterocycles. The molecule has 0 aliphatic carbocycles. The molecule has 122 valence electrons. The molecule has 0 bridgehead atoms. The topological polar surface area (TPSA) is 46.6 Å². The number of ether oxygens (including phenoxy) is 1. The van der Waals surface area contributed by atoms with Crippen molar-refractivity contribution in [2.24, 2.45) is 0 Å². The van der Waals surface area contributed by atoms with Crippen LogP contribution in [0.25, 0.3) is 5.57 Å². The van der Waals surface area contributed by atoms with Gasteiger partial charge in [0.05, 0.1) is 18.4 Å². The predicted octanol–water partition coefficient (Wildman–Crippen LogP) is 4.18. The quantitative estimate of drug-likeness (QED) is 0.770. The largest absolute Gasteiger partial charge is 0.495 e. The monoisotopic (exact) mass is 361 g/mol. The van der Waals surface area contributed by atoms with Crippen molar-refractivity contribution in [2.75, 3.05) is 12.0 Å². The van der Waals surface area contributed by atoms with Crippen molar-refractivity contribution in [1.29, 1.82) is 0 Å². The fourth-order valence-corrected chi connectivity index (χ4v) is 2.96. The number of carbonyl (C=O) groups is 2. The molecule has 0 N–H and O–H groups in total. The van der Waals surface area contributed by atoms with E-state index in [9.17, 15) is 9.59 Å². The van der Waals surface area contributed by atoms with Gasteiger partial charge in [-0.05, 0) is 42.3 Å². The first-order valence-corrected chi connectivity index (χ1v) is 7.88. The fourth-order valence-electron chi connectivity index (χ4n) is 2.56. The van der Waals surface area contributed by atoms with Crippen LogP contribution in [-0.2, 0) is 9.59 Å². The van der Waals surface area contributed by atoms with Crippen LogP contribution in [0.1, 0.15) is 11.1 Å². The number of halogens is 2. The van der Waals surface area contributed by atoms with Crippen molar-refractivity contribution in [3.05, 3.63) is 63.6 Å². The van der Waals surface area contributed by atoms with E-state index in [1.807, 2.05) is 13.0 Å². The lowest BCUT2D eigenvalue weighted by atomic mass is 10.1. The van der Waals surface area contributed by atoms with Crippen LogP contribution in [0.3, 0.4) is 0 Å². The summed E-state index contributed by atoms with van der Waals surface area (Å²) in [5, 5.41) is 0.412. The summed E-state index contributed by atoms with van der Waals surface area (Å²) in [4.78, 5) is 26.5. The number of aryl methyl sites for hydroxylation is 1. The van der Waals surface area contributed by atoms with E-state index in [-0.39, 0.29) is 10.6 Å². The van der Waals surface area contributed by atoms with Crippen LogP contribution < -0.4 is 9.64 Å². The Balaban J connectivity index is 2.09. The summed E-state index contributed by atoms with van der Waals surface area (Å²) in [5.41, 5.74) is 1.95. The maximum Gasteiger partial charge on any atom is 0.277 e. The first-order valence-electron chi connectivity index (χ1n) is 7.13. The second kappa shape index (κ2) is 6.30. The number of methoxy groups -OCH3 is 1. The van der Waals surface area contributed by atoms with Gasteiger partial charge in [-0.25, -0.2) is 4.90 Å². The molecule has 1 aliphatic rings. The van der Waals surface area contributed by atoms with Crippen LogP contribution in [-0.4, -0.2) is 18.9 Å². The maximum absolute atomic E-state index is 12.9. The SMILES string of the molecule is COc1ccc(C)cc1N1C(=O)C(Cl)=C(c2ccc(Cl)cc2)C1=O. The minimum atomic E-state index is -0.574. The third-order valence-corrected chi connectivity index (χ3v) is 4.34. The number of anilines is 1. The first kappa shape index (κ1) is 16.6. The van der Waals surface area contributed by atoms with E-state index < -0.39 is 11.8 Å². The van der Waals surface area contributed by atoms with Gasteiger partial charge < -0.3 is 4.74 Å². The smallest absolute Gasteiger partial charge is 0.277 e. The molecule has 0 fully saturated rings. The predicted molar refractivity (Wildman–Crippen MR) is 94.4 cm³/mol. The second-order valence-electron chi connectivity index (χ2n) is 5.32. The van der Waals surface area contributed by atoms with Gasteiger partial charge in [0.15, 0.2) is 0 Å². The Morgan fingerprint density at radius 1 is 0.958 bits per heavy atom. The second-order valence-corrected chi connectivity index (χ2v) is 6.13. The van der Waals surface area contributed by atoms with E-state index in [1.54, 1.807) is 36.4 Å². The van der Waals surface area contributed by atoms with Gasteiger partial charge in [0.2, 0.25) is 0 Å². The molecule has 2 aromatic rings. The number of nitrogens with zero attached hydrogens (tertiary/aromatic N) is 1. The molecule has 1 aliphatic heterocycles. The number of imide groups is 1. The van der Waals surface area contributed by atoms with Crippen molar-refractivity contribution in [2.45, 2.75) is 6.92 Å². The number of benzene rings is 2. The Morgan fingerprint density at radius 3 is 2.25 bits per heavy atom. The summed E-state index contributed by atoms with van der Waals surface area (Å²) in [7, 11) is 1.48. The zero-order chi connectivity index (χ0) is 17.4. The minimum absolute atomic E-state index is 0.120. The zero-order valence-electron chi connectivity index (χ0n) is 13.0. The van der Waals surface area contributed by atoms with Gasteiger partial charge >= 0.3 is 0 Å². The molecule has 24 heavy (non-hydrogen) atoms. The van der Waals surface area contributed by atoms with Crippen LogP contribution in [0.5, 0.6) is 5.75 Å². The molecule has 4 nitrogen and oxygen atoms in total. The van der Waals surface area contributed by atoms with Crippen LogP contribution in [0.4, 0.5) is 5.69 Å². The van der Waals surface area contributed by atoms with Crippen LogP contribution in [0.2, 0.25) is 5.02 Å². The number of carbonyl (C=O) groups excluding carboxylic acids is 2. The van der Waals surface area contributed by atoms with Crippen LogP contribution in [0, 0.1) is 6.92 Å². The Hall–Kier alpha value is -2.30. The minimum Gasteiger partial charge on any atom is -0.495 e. The molecule has 0 saturated carbocycles. The molecule has 0 atom stereocenters. The molecular weight excluding hydrogens is 349 g/mol. The number of amides is 2. The summed E-state index contributed by atoms with van der Waals surface area (Å²) < 4.78 is 5.28. The summed E-state index contributed by atoms with van der Waals surface area (Å²) in [6.07, 6.45) is 0. The highest BCUT2D eigenvalue weighted by Gasteiger charge is 2.40. The number of hydrogen-bond donors (Lipinski definition) is 0. The molecule has 0 unspecified atom stereocenters. The van der Waals surface area contributed by atoms with E-state index >= 15 is 0 Å². The fraction of sp³-hybridized carbons (Fsp3) is 0.111. The van der Waals surface area contributed by atoms with Crippen molar-refractivity contribution in [1.82, 2.24) is 0 Å². The lowest BCUT2D eigenvalue weighted by Crippen LogP contribution is -2.31. The summed E-state index contributed by atoms with van der Waals surface area (Å²) >= 11 is 12.0. The average Bonchev–Trinajstić information content (AvgIpc) is 2.78.